The fraction of sp³-hybridized carbons (Fsp3) is 0.136. The zero-order chi connectivity index (χ0) is 20.8. The molecule has 0 N–H and O–H groups in total. The maximum Gasteiger partial charge on any atom is 0.351 e. The van der Waals surface area contributed by atoms with E-state index < -0.39 is 17.6 Å². The molecule has 1 aromatic heterocycles. The second-order valence-electron chi connectivity index (χ2n) is 5.90. The molecule has 0 saturated heterocycles. The minimum Gasteiger partial charge on any atom is -0.497 e. The summed E-state index contributed by atoms with van der Waals surface area (Å²) in [6.45, 7) is 1.79. The van der Waals surface area contributed by atoms with E-state index in [9.17, 15) is 14.4 Å². The Labute approximate surface area is 166 Å². The summed E-state index contributed by atoms with van der Waals surface area (Å²) < 4.78 is 20.3. The number of rotatable bonds is 6. The molecule has 0 saturated carbocycles. The Morgan fingerprint density at radius 2 is 1.76 bits per heavy atom. The van der Waals surface area contributed by atoms with Crippen LogP contribution in [0.15, 0.2) is 63.8 Å². The second kappa shape index (κ2) is 8.88. The molecule has 3 aromatic rings. The highest BCUT2D eigenvalue weighted by Gasteiger charge is 2.15. The third kappa shape index (κ3) is 4.90. The first-order valence-electron chi connectivity index (χ1n) is 8.79. The van der Waals surface area contributed by atoms with E-state index in [0.29, 0.717) is 11.1 Å². The van der Waals surface area contributed by atoms with Crippen LogP contribution in [0.5, 0.6) is 11.5 Å². The Hall–Kier alpha value is -3.87. The van der Waals surface area contributed by atoms with Crippen LogP contribution >= 0.6 is 0 Å². The lowest BCUT2D eigenvalue weighted by Gasteiger charge is -2.05. The van der Waals surface area contributed by atoms with Crippen molar-refractivity contribution in [2.75, 3.05) is 13.7 Å². The Morgan fingerprint density at radius 1 is 1.03 bits per heavy atom. The van der Waals surface area contributed by atoms with E-state index in [1.165, 1.54) is 24.3 Å². The van der Waals surface area contributed by atoms with Crippen LogP contribution < -0.4 is 15.1 Å². The predicted octanol–water partition coefficient (Wildman–Crippen LogP) is 3.60. The lowest BCUT2D eigenvalue weighted by molar-refractivity contribution is -0.128. The van der Waals surface area contributed by atoms with Gasteiger partial charge in [0, 0.05) is 17.5 Å². The van der Waals surface area contributed by atoms with Gasteiger partial charge in [0.05, 0.1) is 13.7 Å². The lowest BCUT2D eigenvalue weighted by Crippen LogP contribution is -2.16. The highest BCUT2D eigenvalue weighted by atomic mass is 16.5. The number of hydrogen-bond donors (Lipinski definition) is 0. The van der Waals surface area contributed by atoms with Gasteiger partial charge in [0.1, 0.15) is 22.6 Å². The molecule has 29 heavy (non-hydrogen) atoms. The predicted molar refractivity (Wildman–Crippen MR) is 106 cm³/mol. The van der Waals surface area contributed by atoms with Gasteiger partial charge in [-0.1, -0.05) is 12.1 Å². The number of methoxy groups -OCH3 is 1. The highest BCUT2D eigenvalue weighted by Crippen LogP contribution is 2.21. The molecule has 0 atom stereocenters. The van der Waals surface area contributed by atoms with E-state index in [1.807, 2.05) is 0 Å². The molecule has 0 bridgehead atoms. The lowest BCUT2D eigenvalue weighted by atomic mass is 10.2. The van der Waals surface area contributed by atoms with Gasteiger partial charge in [-0.25, -0.2) is 14.4 Å². The first-order chi connectivity index (χ1) is 14.0. The summed E-state index contributed by atoms with van der Waals surface area (Å²) >= 11 is 0. The summed E-state index contributed by atoms with van der Waals surface area (Å²) in [7, 11) is 1.57. The van der Waals surface area contributed by atoms with E-state index in [0.717, 1.165) is 5.56 Å². The summed E-state index contributed by atoms with van der Waals surface area (Å²) in [6, 6.07) is 13.1. The van der Waals surface area contributed by atoms with Crippen LogP contribution in [0.4, 0.5) is 0 Å². The van der Waals surface area contributed by atoms with Crippen LogP contribution in [0.25, 0.3) is 17.0 Å². The summed E-state index contributed by atoms with van der Waals surface area (Å²) in [5.41, 5.74) is -0.0171. The molecule has 7 heteroatoms. The van der Waals surface area contributed by atoms with Gasteiger partial charge in [-0.2, -0.15) is 0 Å². The smallest absolute Gasteiger partial charge is 0.351 e. The minimum atomic E-state index is -0.821. The molecule has 3 rings (SSSR count). The van der Waals surface area contributed by atoms with Crippen LogP contribution in [0, 0.1) is 0 Å². The van der Waals surface area contributed by atoms with Crippen LogP contribution in [-0.4, -0.2) is 25.7 Å². The number of fused-ring (bicyclic) bond motifs is 1. The molecular weight excluding hydrogens is 376 g/mol. The first-order valence-corrected chi connectivity index (χ1v) is 8.79. The monoisotopic (exact) mass is 394 g/mol. The van der Waals surface area contributed by atoms with Gasteiger partial charge < -0.3 is 18.6 Å². The summed E-state index contributed by atoms with van der Waals surface area (Å²) in [5, 5.41) is 0.501. The Bertz CT molecular complexity index is 1120. The van der Waals surface area contributed by atoms with Crippen molar-refractivity contribution in [3.8, 4) is 11.5 Å². The van der Waals surface area contributed by atoms with E-state index in [-0.39, 0.29) is 23.5 Å². The molecular formula is C22H18O7. The second-order valence-corrected chi connectivity index (χ2v) is 5.90. The molecule has 0 radical (unpaired) electrons. The molecule has 0 fully saturated rings. The van der Waals surface area contributed by atoms with Crippen LogP contribution in [0.2, 0.25) is 0 Å². The summed E-state index contributed by atoms with van der Waals surface area (Å²) in [6.07, 6.45) is 2.89. The molecule has 148 valence electrons. The first kappa shape index (κ1) is 19.9. The van der Waals surface area contributed by atoms with Crippen molar-refractivity contribution in [2.24, 2.45) is 0 Å². The van der Waals surface area contributed by atoms with Gasteiger partial charge in [-0.05, 0) is 48.9 Å². The zero-order valence-corrected chi connectivity index (χ0v) is 15.8. The van der Waals surface area contributed by atoms with Crippen molar-refractivity contribution in [1.29, 1.82) is 0 Å². The Balaban J connectivity index is 1.75. The molecule has 0 unspecified atom stereocenters. The van der Waals surface area contributed by atoms with Gasteiger partial charge in [0.2, 0.25) is 0 Å². The molecule has 0 aliphatic rings. The average molecular weight is 394 g/mol. The van der Waals surface area contributed by atoms with Crippen molar-refractivity contribution in [3.05, 3.63) is 76.2 Å². The number of carbonyl (C=O) groups excluding carboxylic acids is 2. The number of hydrogen-bond acceptors (Lipinski definition) is 7. The maximum atomic E-state index is 12.0. The fourth-order valence-electron chi connectivity index (χ4n) is 2.54. The van der Waals surface area contributed by atoms with E-state index >= 15 is 0 Å². The minimum absolute atomic E-state index is 0.148. The van der Waals surface area contributed by atoms with Crippen LogP contribution in [-0.2, 0) is 9.53 Å². The Kier molecular flexibility index (Phi) is 6.09. The SMILES string of the molecule is CCOC(=O)c1cc2ccc(OC(=O)/C=C/c3ccc(OC)cc3)cc2oc1=O. The van der Waals surface area contributed by atoms with Crippen molar-refractivity contribution in [3.63, 3.8) is 0 Å². The topological polar surface area (TPSA) is 92.0 Å². The van der Waals surface area contributed by atoms with Crippen LogP contribution in [0.3, 0.4) is 0 Å². The van der Waals surface area contributed by atoms with E-state index in [1.54, 1.807) is 50.4 Å². The fourth-order valence-corrected chi connectivity index (χ4v) is 2.54. The summed E-state index contributed by atoms with van der Waals surface area (Å²) in [4.78, 5) is 35.8. The molecule has 0 spiro atoms. The average Bonchev–Trinajstić information content (AvgIpc) is 2.72. The molecule has 1 heterocycles. The summed E-state index contributed by atoms with van der Waals surface area (Å²) in [5.74, 6) is -0.421. The molecule has 0 aliphatic heterocycles. The maximum absolute atomic E-state index is 12.0. The third-order valence-electron chi connectivity index (χ3n) is 3.95. The van der Waals surface area contributed by atoms with E-state index in [2.05, 4.69) is 0 Å². The van der Waals surface area contributed by atoms with Gasteiger partial charge >= 0.3 is 17.6 Å². The van der Waals surface area contributed by atoms with Crippen molar-refractivity contribution < 1.29 is 28.2 Å². The normalized spacial score (nSPS) is 10.8. The molecule has 0 amide bonds. The van der Waals surface area contributed by atoms with Gasteiger partial charge in [0.15, 0.2) is 0 Å². The van der Waals surface area contributed by atoms with Gasteiger partial charge in [-0.3, -0.25) is 0 Å². The number of ether oxygens (including phenoxy) is 3. The number of carbonyl (C=O) groups is 2. The zero-order valence-electron chi connectivity index (χ0n) is 15.8. The molecule has 0 aliphatic carbocycles. The van der Waals surface area contributed by atoms with Crippen molar-refractivity contribution in [2.45, 2.75) is 6.92 Å². The van der Waals surface area contributed by atoms with Crippen LogP contribution in [0.1, 0.15) is 22.8 Å². The largest absolute Gasteiger partial charge is 0.497 e. The number of benzene rings is 2. The van der Waals surface area contributed by atoms with Crippen molar-refractivity contribution >= 4 is 29.0 Å². The number of esters is 2. The highest BCUT2D eigenvalue weighted by molar-refractivity contribution is 5.93. The van der Waals surface area contributed by atoms with Gasteiger partial charge in [-0.15, -0.1) is 0 Å². The van der Waals surface area contributed by atoms with E-state index in [4.69, 9.17) is 18.6 Å². The molecule has 2 aromatic carbocycles. The Morgan fingerprint density at radius 3 is 2.45 bits per heavy atom. The quantitative estimate of drug-likeness (QED) is 0.273. The van der Waals surface area contributed by atoms with Crippen molar-refractivity contribution in [1.82, 2.24) is 0 Å². The van der Waals surface area contributed by atoms with Gasteiger partial charge in [0.25, 0.3) is 0 Å². The molecule has 7 nitrogen and oxygen atoms in total. The third-order valence-corrected chi connectivity index (χ3v) is 3.95. The standard InChI is InChI=1S/C22H18O7/c1-3-27-21(24)18-12-15-7-10-17(13-19(15)29-22(18)25)28-20(23)11-6-14-4-8-16(26-2)9-5-14/h4-13H,3H2,1-2H3/b11-6+.